The predicted octanol–water partition coefficient (Wildman–Crippen LogP) is 2.84. The van der Waals surface area contributed by atoms with Gasteiger partial charge in [0.15, 0.2) is 0 Å². The fourth-order valence-corrected chi connectivity index (χ4v) is 2.26. The minimum absolute atomic E-state index is 0.175. The Kier molecular flexibility index (Phi) is 8.01. The van der Waals surface area contributed by atoms with Crippen LogP contribution in [0.15, 0.2) is 0 Å². The first-order valence-electron chi connectivity index (χ1n) is 6.58. The van der Waals surface area contributed by atoms with E-state index < -0.39 is 0 Å². The average molecular weight is 245 g/mol. The summed E-state index contributed by atoms with van der Waals surface area (Å²) in [6.07, 6.45) is 2.13. The van der Waals surface area contributed by atoms with Crippen LogP contribution in [-0.4, -0.2) is 39.0 Å². The SMILES string of the molecule is COCCCOCCNC(C)(C)CC(C)(C)C. The molecule has 0 rings (SSSR count). The lowest BCUT2D eigenvalue weighted by Gasteiger charge is -2.33. The van der Waals surface area contributed by atoms with E-state index >= 15 is 0 Å². The van der Waals surface area contributed by atoms with Gasteiger partial charge < -0.3 is 14.8 Å². The average Bonchev–Trinajstić information content (AvgIpc) is 2.12. The van der Waals surface area contributed by atoms with Crippen molar-refractivity contribution >= 4 is 0 Å². The largest absolute Gasteiger partial charge is 0.385 e. The van der Waals surface area contributed by atoms with Crippen molar-refractivity contribution in [2.45, 2.75) is 53.0 Å². The molecule has 1 N–H and O–H groups in total. The van der Waals surface area contributed by atoms with Gasteiger partial charge in [-0.25, -0.2) is 0 Å². The zero-order chi connectivity index (χ0) is 13.4. The first kappa shape index (κ1) is 16.9. The van der Waals surface area contributed by atoms with E-state index in [1.807, 2.05) is 0 Å². The number of hydrogen-bond acceptors (Lipinski definition) is 3. The zero-order valence-corrected chi connectivity index (χ0v) is 12.6. The van der Waals surface area contributed by atoms with Gasteiger partial charge in [0.05, 0.1) is 6.61 Å². The summed E-state index contributed by atoms with van der Waals surface area (Å²) < 4.78 is 10.5. The van der Waals surface area contributed by atoms with Crippen molar-refractivity contribution in [3.05, 3.63) is 0 Å². The lowest BCUT2D eigenvalue weighted by Crippen LogP contribution is -2.43. The van der Waals surface area contributed by atoms with Crippen LogP contribution in [0.3, 0.4) is 0 Å². The Bertz CT molecular complexity index is 185. The summed E-state index contributed by atoms with van der Waals surface area (Å²) >= 11 is 0. The number of rotatable bonds is 9. The Morgan fingerprint density at radius 2 is 1.59 bits per heavy atom. The Labute approximate surface area is 107 Å². The number of methoxy groups -OCH3 is 1. The fourth-order valence-electron chi connectivity index (χ4n) is 2.26. The van der Waals surface area contributed by atoms with Crippen LogP contribution in [-0.2, 0) is 9.47 Å². The molecule has 0 spiro atoms. The standard InChI is InChI=1S/C14H31NO2/c1-13(2,3)12-14(4,5)15-8-11-17-10-7-9-16-6/h15H,7-12H2,1-6H3. The van der Waals surface area contributed by atoms with Gasteiger partial charge >= 0.3 is 0 Å². The van der Waals surface area contributed by atoms with Crippen LogP contribution < -0.4 is 5.32 Å². The van der Waals surface area contributed by atoms with Gasteiger partial charge in [0.2, 0.25) is 0 Å². The highest BCUT2D eigenvalue weighted by Crippen LogP contribution is 2.26. The predicted molar refractivity (Wildman–Crippen MR) is 73.5 cm³/mol. The molecular formula is C14H31NO2. The summed E-state index contributed by atoms with van der Waals surface area (Å²) in [5, 5.41) is 3.55. The van der Waals surface area contributed by atoms with E-state index in [1.54, 1.807) is 7.11 Å². The van der Waals surface area contributed by atoms with Crippen molar-refractivity contribution in [3.8, 4) is 0 Å². The van der Waals surface area contributed by atoms with Gasteiger partial charge in [-0.2, -0.15) is 0 Å². The summed E-state index contributed by atoms with van der Waals surface area (Å²) in [5.41, 5.74) is 0.532. The van der Waals surface area contributed by atoms with E-state index in [2.05, 4.69) is 39.9 Å². The van der Waals surface area contributed by atoms with Gasteiger partial charge in [-0.1, -0.05) is 20.8 Å². The van der Waals surface area contributed by atoms with Gasteiger partial charge in [0.1, 0.15) is 0 Å². The van der Waals surface area contributed by atoms with Crippen molar-refractivity contribution in [1.82, 2.24) is 5.32 Å². The molecule has 0 heterocycles. The van der Waals surface area contributed by atoms with Crippen LogP contribution in [0.1, 0.15) is 47.5 Å². The molecule has 0 radical (unpaired) electrons. The number of hydrogen-bond donors (Lipinski definition) is 1. The molecule has 0 atom stereocenters. The van der Waals surface area contributed by atoms with Gasteiger partial charge in [0.25, 0.3) is 0 Å². The quantitative estimate of drug-likeness (QED) is 0.634. The molecule has 0 aliphatic rings. The molecule has 0 aromatic rings. The molecule has 3 heteroatoms. The molecule has 0 bridgehead atoms. The molecule has 0 aromatic carbocycles. The number of ether oxygens (including phenoxy) is 2. The Hall–Kier alpha value is -0.120. The van der Waals surface area contributed by atoms with Gasteiger partial charge in [-0.15, -0.1) is 0 Å². The normalized spacial score (nSPS) is 13.1. The maximum Gasteiger partial charge on any atom is 0.0591 e. The third kappa shape index (κ3) is 12.1. The molecule has 0 unspecified atom stereocenters. The second-order valence-electron chi connectivity index (χ2n) is 6.51. The molecule has 0 aliphatic heterocycles. The molecule has 0 aliphatic carbocycles. The third-order valence-electron chi connectivity index (χ3n) is 2.46. The lowest BCUT2D eigenvalue weighted by atomic mass is 9.82. The zero-order valence-electron chi connectivity index (χ0n) is 12.6. The smallest absolute Gasteiger partial charge is 0.0591 e. The molecule has 0 amide bonds. The van der Waals surface area contributed by atoms with Gasteiger partial charge in [-0.3, -0.25) is 0 Å². The molecule has 0 saturated heterocycles. The van der Waals surface area contributed by atoms with E-state index in [4.69, 9.17) is 9.47 Å². The lowest BCUT2D eigenvalue weighted by molar-refractivity contribution is 0.0984. The van der Waals surface area contributed by atoms with Gasteiger partial charge in [0, 0.05) is 32.4 Å². The van der Waals surface area contributed by atoms with E-state index in [9.17, 15) is 0 Å². The number of nitrogens with one attached hydrogen (secondary N) is 1. The molecule has 0 fully saturated rings. The summed E-state index contributed by atoms with van der Waals surface area (Å²) in [6, 6.07) is 0. The first-order valence-corrected chi connectivity index (χ1v) is 6.58. The molecule has 104 valence electrons. The third-order valence-corrected chi connectivity index (χ3v) is 2.46. The van der Waals surface area contributed by atoms with Crippen LogP contribution in [0.4, 0.5) is 0 Å². The van der Waals surface area contributed by atoms with Crippen molar-refractivity contribution in [1.29, 1.82) is 0 Å². The molecule has 3 nitrogen and oxygen atoms in total. The second kappa shape index (κ2) is 8.06. The highest BCUT2D eigenvalue weighted by molar-refractivity contribution is 4.82. The van der Waals surface area contributed by atoms with Crippen molar-refractivity contribution in [2.75, 3.05) is 33.5 Å². The molecule has 17 heavy (non-hydrogen) atoms. The van der Waals surface area contributed by atoms with Crippen LogP contribution in [0.5, 0.6) is 0 Å². The minimum Gasteiger partial charge on any atom is -0.385 e. The Morgan fingerprint density at radius 3 is 2.12 bits per heavy atom. The van der Waals surface area contributed by atoms with Crippen LogP contribution in [0, 0.1) is 5.41 Å². The van der Waals surface area contributed by atoms with E-state index in [0.717, 1.165) is 39.2 Å². The van der Waals surface area contributed by atoms with Crippen molar-refractivity contribution in [2.24, 2.45) is 5.41 Å². The minimum atomic E-state index is 0.175. The molecule has 0 aromatic heterocycles. The molecular weight excluding hydrogens is 214 g/mol. The fraction of sp³-hybridized carbons (Fsp3) is 1.00. The summed E-state index contributed by atoms with van der Waals surface area (Å²) in [7, 11) is 1.72. The topological polar surface area (TPSA) is 30.5 Å². The summed E-state index contributed by atoms with van der Waals surface area (Å²) in [5.74, 6) is 0. The summed E-state index contributed by atoms with van der Waals surface area (Å²) in [4.78, 5) is 0. The Balaban J connectivity index is 3.52. The van der Waals surface area contributed by atoms with Crippen molar-refractivity contribution < 1.29 is 9.47 Å². The van der Waals surface area contributed by atoms with Crippen molar-refractivity contribution in [3.63, 3.8) is 0 Å². The Morgan fingerprint density at radius 1 is 0.941 bits per heavy atom. The monoisotopic (exact) mass is 245 g/mol. The summed E-state index contributed by atoms with van der Waals surface area (Å²) in [6.45, 7) is 14.6. The van der Waals surface area contributed by atoms with E-state index in [0.29, 0.717) is 5.41 Å². The second-order valence-corrected chi connectivity index (χ2v) is 6.51. The first-order chi connectivity index (χ1) is 7.77. The van der Waals surface area contributed by atoms with Crippen LogP contribution in [0.2, 0.25) is 0 Å². The highest BCUT2D eigenvalue weighted by atomic mass is 16.5. The van der Waals surface area contributed by atoms with Crippen LogP contribution in [0.25, 0.3) is 0 Å². The molecule has 0 saturated carbocycles. The van der Waals surface area contributed by atoms with E-state index in [1.165, 1.54) is 0 Å². The van der Waals surface area contributed by atoms with Crippen LogP contribution >= 0.6 is 0 Å². The van der Waals surface area contributed by atoms with Gasteiger partial charge in [-0.05, 0) is 32.1 Å². The highest BCUT2D eigenvalue weighted by Gasteiger charge is 2.24. The van der Waals surface area contributed by atoms with E-state index in [-0.39, 0.29) is 5.54 Å². The maximum atomic E-state index is 5.52. The maximum absolute atomic E-state index is 5.52.